The lowest BCUT2D eigenvalue weighted by Gasteiger charge is -2.33. The third-order valence-corrected chi connectivity index (χ3v) is 5.35. The number of nitrogens with zero attached hydrogens (tertiary/aromatic N) is 2. The van der Waals surface area contributed by atoms with E-state index < -0.39 is 23.8 Å². The molecule has 11 heteroatoms. The van der Waals surface area contributed by atoms with Crippen LogP contribution in [0.4, 0.5) is 23.2 Å². The van der Waals surface area contributed by atoms with Crippen molar-refractivity contribution in [2.75, 3.05) is 32.0 Å². The summed E-state index contributed by atoms with van der Waals surface area (Å²) in [5.41, 5.74) is 0.631. The lowest BCUT2D eigenvalue weighted by Crippen LogP contribution is -2.45. The largest absolute Gasteiger partial charge is 0.573 e. The highest BCUT2D eigenvalue weighted by molar-refractivity contribution is 5.95. The molecule has 0 unspecified atom stereocenters. The Bertz CT molecular complexity index is 1020. The van der Waals surface area contributed by atoms with Crippen LogP contribution < -0.4 is 10.1 Å². The lowest BCUT2D eigenvalue weighted by atomic mass is 9.95. The summed E-state index contributed by atoms with van der Waals surface area (Å²) in [4.78, 5) is 40.4. The average molecular weight is 481 g/mol. The number of ether oxygens (including phenoxy) is 1. The molecule has 0 aromatic heterocycles. The van der Waals surface area contributed by atoms with Crippen LogP contribution in [0.3, 0.4) is 0 Å². The Morgan fingerprint density at radius 3 is 2.18 bits per heavy atom. The molecule has 1 saturated heterocycles. The van der Waals surface area contributed by atoms with Crippen LogP contribution in [0.5, 0.6) is 5.75 Å². The maximum absolute atomic E-state index is 13.1. The van der Waals surface area contributed by atoms with E-state index in [1.165, 1.54) is 48.3 Å². The van der Waals surface area contributed by atoms with Crippen molar-refractivity contribution in [2.24, 2.45) is 5.92 Å². The predicted molar refractivity (Wildman–Crippen MR) is 114 cm³/mol. The van der Waals surface area contributed by atoms with E-state index in [1.807, 2.05) is 0 Å². The monoisotopic (exact) mass is 481 g/mol. The van der Waals surface area contributed by atoms with Crippen LogP contribution in [0.15, 0.2) is 48.5 Å². The number of alkyl halides is 3. The first-order chi connectivity index (χ1) is 16.0. The van der Waals surface area contributed by atoms with Gasteiger partial charge in [-0.15, -0.1) is 13.2 Å². The number of benzene rings is 2. The van der Waals surface area contributed by atoms with Gasteiger partial charge in [0, 0.05) is 37.3 Å². The van der Waals surface area contributed by atoms with Gasteiger partial charge in [-0.05, 0) is 61.4 Å². The quantitative estimate of drug-likeness (QED) is 0.639. The number of amides is 3. The first kappa shape index (κ1) is 25.0. The fraction of sp³-hybridized carbons (Fsp3) is 0.348. The van der Waals surface area contributed by atoms with Gasteiger partial charge in [0.05, 0.1) is 6.54 Å². The van der Waals surface area contributed by atoms with Crippen LogP contribution in [0.1, 0.15) is 23.2 Å². The highest BCUT2D eigenvalue weighted by atomic mass is 19.4. The summed E-state index contributed by atoms with van der Waals surface area (Å²) in [5, 5.41) is 2.52. The Hall–Kier alpha value is -3.63. The summed E-state index contributed by atoms with van der Waals surface area (Å²) in [6.07, 6.45) is -3.95. The smallest absolute Gasteiger partial charge is 0.406 e. The number of likely N-dealkylation sites (N-methyl/N-ethyl adjacent to an activating group) is 1. The topological polar surface area (TPSA) is 79.0 Å². The fourth-order valence-electron chi connectivity index (χ4n) is 3.65. The minimum absolute atomic E-state index is 0.231. The van der Waals surface area contributed by atoms with Crippen molar-refractivity contribution in [3.05, 3.63) is 59.9 Å². The lowest BCUT2D eigenvalue weighted by molar-refractivity contribution is -0.274. The zero-order valence-corrected chi connectivity index (χ0v) is 18.3. The zero-order chi connectivity index (χ0) is 24.9. The van der Waals surface area contributed by atoms with Crippen molar-refractivity contribution in [1.29, 1.82) is 0 Å². The van der Waals surface area contributed by atoms with Gasteiger partial charge in [0.25, 0.3) is 5.91 Å². The molecule has 1 fully saturated rings. The Morgan fingerprint density at radius 2 is 1.62 bits per heavy atom. The minimum atomic E-state index is -4.81. The molecule has 0 spiro atoms. The van der Waals surface area contributed by atoms with Crippen LogP contribution in [-0.2, 0) is 9.59 Å². The van der Waals surface area contributed by atoms with E-state index >= 15 is 0 Å². The summed E-state index contributed by atoms with van der Waals surface area (Å²) in [6, 6.07) is 9.92. The van der Waals surface area contributed by atoms with Crippen molar-refractivity contribution < 1.29 is 36.7 Å². The molecule has 3 amide bonds. The molecule has 1 aliphatic heterocycles. The predicted octanol–water partition coefficient (Wildman–Crippen LogP) is 3.67. The van der Waals surface area contributed by atoms with Gasteiger partial charge in [-0.1, -0.05) is 0 Å². The fourth-order valence-corrected chi connectivity index (χ4v) is 3.65. The highest BCUT2D eigenvalue weighted by Crippen LogP contribution is 2.24. The number of carbonyl (C=O) groups is 3. The number of piperidine rings is 1. The second-order valence-corrected chi connectivity index (χ2v) is 7.89. The van der Waals surface area contributed by atoms with Gasteiger partial charge in [-0.25, -0.2) is 4.39 Å². The SMILES string of the molecule is CN(CC(=O)Nc1ccc(OC(F)(F)F)cc1)C(=O)C1CCN(C(=O)c2ccc(F)cc2)CC1. The molecule has 182 valence electrons. The van der Waals surface area contributed by atoms with Crippen LogP contribution in [0.2, 0.25) is 0 Å². The maximum Gasteiger partial charge on any atom is 0.573 e. The van der Waals surface area contributed by atoms with Crippen molar-refractivity contribution in [3.8, 4) is 5.75 Å². The first-order valence-corrected chi connectivity index (χ1v) is 10.5. The van der Waals surface area contributed by atoms with Crippen LogP contribution in [0, 0.1) is 11.7 Å². The molecule has 2 aromatic carbocycles. The van der Waals surface area contributed by atoms with E-state index in [4.69, 9.17) is 0 Å². The number of anilines is 1. The van der Waals surface area contributed by atoms with Gasteiger partial charge in [0.1, 0.15) is 11.6 Å². The van der Waals surface area contributed by atoms with E-state index in [1.54, 1.807) is 4.90 Å². The summed E-state index contributed by atoms with van der Waals surface area (Å²) >= 11 is 0. The Balaban J connectivity index is 1.46. The maximum atomic E-state index is 13.1. The molecule has 7 nitrogen and oxygen atoms in total. The van der Waals surface area contributed by atoms with E-state index in [2.05, 4.69) is 10.1 Å². The molecule has 2 aromatic rings. The normalized spacial score (nSPS) is 14.4. The Labute approximate surface area is 193 Å². The molecule has 1 aliphatic rings. The van der Waals surface area contributed by atoms with Gasteiger partial charge >= 0.3 is 6.36 Å². The third kappa shape index (κ3) is 6.93. The van der Waals surface area contributed by atoms with E-state index in [-0.39, 0.29) is 30.0 Å². The van der Waals surface area contributed by atoms with E-state index in [9.17, 15) is 31.9 Å². The van der Waals surface area contributed by atoms with Crippen molar-refractivity contribution >= 4 is 23.4 Å². The van der Waals surface area contributed by atoms with Crippen molar-refractivity contribution in [2.45, 2.75) is 19.2 Å². The zero-order valence-electron chi connectivity index (χ0n) is 18.3. The Morgan fingerprint density at radius 1 is 1.03 bits per heavy atom. The average Bonchev–Trinajstić information content (AvgIpc) is 2.79. The molecule has 1 heterocycles. The molecule has 3 rings (SSSR count). The van der Waals surface area contributed by atoms with Crippen LogP contribution in [-0.4, -0.2) is 60.6 Å². The van der Waals surface area contributed by atoms with Gasteiger partial charge in [0.15, 0.2) is 0 Å². The molecular weight excluding hydrogens is 458 g/mol. The molecule has 0 radical (unpaired) electrons. The molecule has 0 atom stereocenters. The molecule has 0 bridgehead atoms. The van der Waals surface area contributed by atoms with Crippen molar-refractivity contribution in [3.63, 3.8) is 0 Å². The van der Waals surface area contributed by atoms with Gasteiger partial charge in [0.2, 0.25) is 11.8 Å². The number of hydrogen-bond donors (Lipinski definition) is 1. The van der Waals surface area contributed by atoms with E-state index in [0.29, 0.717) is 31.5 Å². The molecule has 0 aliphatic carbocycles. The Kier molecular flexibility index (Phi) is 7.75. The molecule has 0 saturated carbocycles. The first-order valence-electron chi connectivity index (χ1n) is 10.5. The van der Waals surface area contributed by atoms with Gasteiger partial charge in [-0.3, -0.25) is 14.4 Å². The van der Waals surface area contributed by atoms with E-state index in [0.717, 1.165) is 12.1 Å². The standard InChI is InChI=1S/C23H23F4N3O4/c1-29(14-20(31)28-18-6-8-19(9-7-18)34-23(25,26)27)21(32)16-10-12-30(13-11-16)22(33)15-2-4-17(24)5-3-15/h2-9,16H,10-14H2,1H3,(H,28,31). The summed E-state index contributed by atoms with van der Waals surface area (Å²) < 4.78 is 53.5. The minimum Gasteiger partial charge on any atom is -0.406 e. The highest BCUT2D eigenvalue weighted by Gasteiger charge is 2.31. The van der Waals surface area contributed by atoms with Crippen LogP contribution in [0.25, 0.3) is 0 Å². The summed E-state index contributed by atoms with van der Waals surface area (Å²) in [5.74, 6) is -2.18. The number of halogens is 4. The molecular formula is C23H23F4N3O4. The second-order valence-electron chi connectivity index (χ2n) is 7.89. The number of likely N-dealkylation sites (tertiary alicyclic amines) is 1. The summed E-state index contributed by atoms with van der Waals surface area (Å²) in [7, 11) is 1.48. The number of hydrogen-bond acceptors (Lipinski definition) is 4. The third-order valence-electron chi connectivity index (χ3n) is 5.35. The van der Waals surface area contributed by atoms with Crippen LogP contribution >= 0.6 is 0 Å². The summed E-state index contributed by atoms with van der Waals surface area (Å²) in [6.45, 7) is 0.479. The second kappa shape index (κ2) is 10.5. The van der Waals surface area contributed by atoms with Gasteiger partial charge < -0.3 is 19.9 Å². The van der Waals surface area contributed by atoms with Crippen molar-refractivity contribution in [1.82, 2.24) is 9.80 Å². The molecule has 34 heavy (non-hydrogen) atoms. The number of rotatable bonds is 6. The molecule has 1 N–H and O–H groups in total. The van der Waals surface area contributed by atoms with Gasteiger partial charge in [-0.2, -0.15) is 0 Å². The number of carbonyl (C=O) groups excluding carboxylic acids is 3. The number of nitrogens with one attached hydrogen (secondary N) is 1.